The Kier molecular flexibility index (Phi) is 6.30. The Hall–Kier alpha value is -2.88. The number of rotatable bonds is 6. The van der Waals surface area contributed by atoms with Crippen LogP contribution < -0.4 is 16.0 Å². The first-order chi connectivity index (χ1) is 13.4. The molecule has 3 amide bonds. The molecule has 1 fully saturated rings. The molecule has 0 aliphatic carbocycles. The maximum atomic E-state index is 13.6. The smallest absolute Gasteiger partial charge is 0.238 e. The molecule has 1 saturated heterocycles. The maximum Gasteiger partial charge on any atom is 0.238 e. The van der Waals surface area contributed by atoms with Gasteiger partial charge < -0.3 is 16.0 Å². The minimum absolute atomic E-state index is 0.105. The third kappa shape index (κ3) is 4.89. The molecule has 3 rings (SSSR count). The first-order valence-corrected chi connectivity index (χ1v) is 9.54. The number of halogens is 2. The van der Waals surface area contributed by atoms with Gasteiger partial charge in [0.1, 0.15) is 17.6 Å². The van der Waals surface area contributed by atoms with E-state index in [-0.39, 0.29) is 29.6 Å². The van der Waals surface area contributed by atoms with Crippen LogP contribution in [-0.4, -0.2) is 29.3 Å². The normalized spacial score (nSPS) is 16.4. The molecule has 1 unspecified atom stereocenters. The zero-order chi connectivity index (χ0) is 20.1. The lowest BCUT2D eigenvalue weighted by Crippen LogP contribution is -2.42. The van der Waals surface area contributed by atoms with Crippen molar-refractivity contribution in [2.75, 3.05) is 11.9 Å². The second-order valence-corrected chi connectivity index (χ2v) is 7.13. The Morgan fingerprint density at radius 1 is 1.29 bits per heavy atom. The third-order valence-corrected chi connectivity index (χ3v) is 5.06. The number of thiazole rings is 1. The Labute approximate surface area is 163 Å². The molecule has 148 valence electrons. The second kappa shape index (κ2) is 8.87. The molecular formula is C18H18F2N4O3S. The molecule has 1 aromatic heterocycles. The molecule has 0 bridgehead atoms. The van der Waals surface area contributed by atoms with Gasteiger partial charge in [-0.05, 0) is 25.0 Å². The summed E-state index contributed by atoms with van der Waals surface area (Å²) in [7, 11) is 0. The van der Waals surface area contributed by atoms with Crippen LogP contribution in [0.25, 0.3) is 0 Å². The Morgan fingerprint density at radius 2 is 2.04 bits per heavy atom. The summed E-state index contributed by atoms with van der Waals surface area (Å²) >= 11 is 1.13. The van der Waals surface area contributed by atoms with Crippen LogP contribution in [0.1, 0.15) is 24.1 Å². The van der Waals surface area contributed by atoms with Gasteiger partial charge in [-0.25, -0.2) is 13.8 Å². The highest BCUT2D eigenvalue weighted by Crippen LogP contribution is 2.19. The van der Waals surface area contributed by atoms with Gasteiger partial charge in [-0.2, -0.15) is 0 Å². The van der Waals surface area contributed by atoms with Crippen molar-refractivity contribution in [2.45, 2.75) is 25.8 Å². The van der Waals surface area contributed by atoms with Crippen LogP contribution in [0.3, 0.4) is 0 Å². The number of benzene rings is 1. The number of anilines is 1. The number of nitrogens with one attached hydrogen (secondary N) is 3. The maximum absolute atomic E-state index is 13.6. The zero-order valence-corrected chi connectivity index (χ0v) is 15.6. The van der Waals surface area contributed by atoms with Gasteiger partial charge in [0.15, 0.2) is 5.13 Å². The molecule has 2 heterocycles. The Morgan fingerprint density at radius 3 is 2.75 bits per heavy atom. The van der Waals surface area contributed by atoms with Gasteiger partial charge in [-0.15, -0.1) is 11.3 Å². The van der Waals surface area contributed by atoms with E-state index in [4.69, 9.17) is 0 Å². The molecule has 3 N–H and O–H groups in total. The van der Waals surface area contributed by atoms with Gasteiger partial charge in [-0.3, -0.25) is 14.4 Å². The molecule has 1 atom stereocenters. The summed E-state index contributed by atoms with van der Waals surface area (Å²) in [5, 5.41) is 9.55. The molecule has 1 aliphatic heterocycles. The van der Waals surface area contributed by atoms with Crippen LogP contribution in [0.15, 0.2) is 23.6 Å². The van der Waals surface area contributed by atoms with Crippen molar-refractivity contribution in [3.05, 3.63) is 46.5 Å². The minimum Gasteiger partial charge on any atom is -0.355 e. The number of carbonyl (C=O) groups is 3. The fourth-order valence-corrected chi connectivity index (χ4v) is 3.49. The molecule has 0 radical (unpaired) electrons. The van der Waals surface area contributed by atoms with Crippen molar-refractivity contribution in [1.29, 1.82) is 0 Å². The molecule has 0 spiro atoms. The number of hydrogen-bond donors (Lipinski definition) is 3. The van der Waals surface area contributed by atoms with Gasteiger partial charge in [0.25, 0.3) is 0 Å². The fourth-order valence-electron chi connectivity index (χ4n) is 2.78. The van der Waals surface area contributed by atoms with Crippen molar-refractivity contribution < 1.29 is 23.2 Å². The highest BCUT2D eigenvalue weighted by atomic mass is 32.1. The van der Waals surface area contributed by atoms with E-state index in [9.17, 15) is 23.2 Å². The molecular weight excluding hydrogens is 390 g/mol. The minimum atomic E-state index is -0.750. The van der Waals surface area contributed by atoms with Crippen molar-refractivity contribution >= 4 is 34.2 Å². The van der Waals surface area contributed by atoms with Crippen LogP contribution in [0.4, 0.5) is 13.9 Å². The van der Waals surface area contributed by atoms with Gasteiger partial charge in [-0.1, -0.05) is 6.07 Å². The van der Waals surface area contributed by atoms with Crippen molar-refractivity contribution in [3.63, 3.8) is 0 Å². The summed E-state index contributed by atoms with van der Waals surface area (Å²) in [6.07, 6.45) is 1.10. The third-order valence-electron chi connectivity index (χ3n) is 4.25. The number of aromatic nitrogens is 1. The van der Waals surface area contributed by atoms with E-state index in [1.807, 2.05) is 0 Å². The highest BCUT2D eigenvalue weighted by Gasteiger charge is 2.29. The zero-order valence-electron chi connectivity index (χ0n) is 14.8. The number of nitrogens with zero attached hydrogens (tertiary/aromatic N) is 1. The lowest BCUT2D eigenvalue weighted by molar-refractivity contribution is -0.134. The lowest BCUT2D eigenvalue weighted by Gasteiger charge is -2.20. The van der Waals surface area contributed by atoms with Crippen LogP contribution in [-0.2, 0) is 27.3 Å². The first kappa shape index (κ1) is 19.9. The summed E-state index contributed by atoms with van der Waals surface area (Å²) in [6.45, 7) is 0.289. The van der Waals surface area contributed by atoms with E-state index in [1.165, 1.54) is 6.07 Å². The predicted octanol–water partition coefficient (Wildman–Crippen LogP) is 1.74. The summed E-state index contributed by atoms with van der Waals surface area (Å²) in [4.78, 5) is 40.0. The molecule has 2 aromatic rings. The number of amides is 3. The van der Waals surface area contributed by atoms with Crippen LogP contribution in [0, 0.1) is 17.6 Å². The average molecular weight is 408 g/mol. The van der Waals surface area contributed by atoms with Gasteiger partial charge in [0.2, 0.25) is 17.7 Å². The van der Waals surface area contributed by atoms with Crippen molar-refractivity contribution in [2.24, 2.45) is 5.92 Å². The summed E-state index contributed by atoms with van der Waals surface area (Å²) in [5.41, 5.74) is 0.188. The number of piperidine rings is 1. The molecule has 1 aliphatic rings. The summed E-state index contributed by atoms with van der Waals surface area (Å²) in [5.74, 6) is -3.41. The van der Waals surface area contributed by atoms with E-state index in [2.05, 4.69) is 20.9 Å². The topological polar surface area (TPSA) is 100 Å². The molecule has 1 aromatic carbocycles. The first-order valence-electron chi connectivity index (χ1n) is 8.66. The SMILES string of the molecule is O=C(Cc1csc(NC(=O)C2CCCNC2=O)n1)NCc1c(F)cccc1F. The van der Waals surface area contributed by atoms with Crippen LogP contribution in [0.2, 0.25) is 0 Å². The molecule has 0 saturated carbocycles. The standard InChI is InChI=1S/C18H18F2N4O3S/c19-13-4-1-5-14(20)12(13)8-22-15(25)7-10-9-28-18(23-10)24-17(27)11-3-2-6-21-16(11)26/h1,4-5,9,11H,2-3,6-8H2,(H,21,26)(H,22,25)(H,23,24,27). The van der Waals surface area contributed by atoms with E-state index >= 15 is 0 Å². The molecule has 28 heavy (non-hydrogen) atoms. The highest BCUT2D eigenvalue weighted by molar-refractivity contribution is 7.13. The van der Waals surface area contributed by atoms with Crippen molar-refractivity contribution in [3.8, 4) is 0 Å². The van der Waals surface area contributed by atoms with Crippen LogP contribution >= 0.6 is 11.3 Å². The summed E-state index contributed by atoms with van der Waals surface area (Å²) in [6, 6.07) is 3.48. The molecule has 7 nitrogen and oxygen atoms in total. The van der Waals surface area contributed by atoms with Crippen molar-refractivity contribution in [1.82, 2.24) is 15.6 Å². The lowest BCUT2D eigenvalue weighted by atomic mass is 9.98. The van der Waals surface area contributed by atoms with E-state index in [0.717, 1.165) is 29.9 Å². The van der Waals surface area contributed by atoms with E-state index in [0.29, 0.717) is 18.7 Å². The van der Waals surface area contributed by atoms with Gasteiger partial charge >= 0.3 is 0 Å². The van der Waals surface area contributed by atoms with Crippen LogP contribution in [0.5, 0.6) is 0 Å². The molecule has 10 heteroatoms. The van der Waals surface area contributed by atoms with Gasteiger partial charge in [0.05, 0.1) is 12.1 Å². The van der Waals surface area contributed by atoms with E-state index in [1.54, 1.807) is 5.38 Å². The Balaban J connectivity index is 1.52. The number of carbonyl (C=O) groups excluding carboxylic acids is 3. The second-order valence-electron chi connectivity index (χ2n) is 6.27. The Bertz CT molecular complexity index is 882. The van der Waals surface area contributed by atoms with E-state index < -0.39 is 29.4 Å². The fraction of sp³-hybridized carbons (Fsp3) is 0.333. The number of hydrogen-bond acceptors (Lipinski definition) is 5. The quantitative estimate of drug-likeness (QED) is 0.634. The average Bonchev–Trinajstić information content (AvgIpc) is 3.08. The predicted molar refractivity (Wildman–Crippen MR) is 98.4 cm³/mol. The monoisotopic (exact) mass is 408 g/mol. The summed E-state index contributed by atoms with van der Waals surface area (Å²) < 4.78 is 27.1. The van der Waals surface area contributed by atoms with Gasteiger partial charge in [0, 0.05) is 24.0 Å². The largest absolute Gasteiger partial charge is 0.355 e.